The van der Waals surface area contributed by atoms with Crippen LogP contribution in [0.2, 0.25) is 0 Å². The third kappa shape index (κ3) is 6.29. The highest BCUT2D eigenvalue weighted by atomic mass is 79.9. The number of ether oxygens (including phenoxy) is 1. The number of rotatable bonds is 7. The summed E-state index contributed by atoms with van der Waals surface area (Å²) in [4.78, 5) is 31.2. The highest BCUT2D eigenvalue weighted by molar-refractivity contribution is 9.10. The Kier molecular flexibility index (Phi) is 8.45. The Bertz CT molecular complexity index is 1370. The van der Waals surface area contributed by atoms with Crippen molar-refractivity contribution in [1.82, 2.24) is 5.01 Å². The Morgan fingerprint density at radius 2 is 1.73 bits per heavy atom. The van der Waals surface area contributed by atoms with Gasteiger partial charge in [0.25, 0.3) is 5.91 Å². The van der Waals surface area contributed by atoms with Gasteiger partial charge < -0.3 is 10.1 Å². The van der Waals surface area contributed by atoms with Crippen LogP contribution >= 0.6 is 27.7 Å². The third-order valence-corrected chi connectivity index (χ3v) is 7.50. The summed E-state index contributed by atoms with van der Waals surface area (Å²) in [6, 6.07) is 20.8. The molecular weight excluding hydrogens is 552 g/mol. The topological polar surface area (TPSA) is 83.4 Å². The molecule has 0 radical (unpaired) electrons. The first kappa shape index (κ1) is 26.6. The van der Waals surface area contributed by atoms with Crippen molar-refractivity contribution in [1.29, 1.82) is 0 Å². The Balaban J connectivity index is 1.64. The van der Waals surface area contributed by atoms with Gasteiger partial charge in [-0.15, -0.1) is 0 Å². The van der Waals surface area contributed by atoms with E-state index >= 15 is 0 Å². The van der Waals surface area contributed by atoms with Crippen molar-refractivity contribution < 1.29 is 14.3 Å². The molecule has 1 saturated heterocycles. The van der Waals surface area contributed by atoms with E-state index in [1.807, 2.05) is 75.4 Å². The molecule has 1 aliphatic heterocycles. The fourth-order valence-electron chi connectivity index (χ4n) is 3.85. The number of hydrogen-bond donors (Lipinski definition) is 1. The Labute approximate surface area is 229 Å². The zero-order valence-corrected chi connectivity index (χ0v) is 23.4. The molecule has 0 bridgehead atoms. The lowest BCUT2D eigenvalue weighted by atomic mass is 10.1. The molecule has 190 valence electrons. The number of carbonyl (C=O) groups excluding carboxylic acids is 2. The number of nitrogens with zero attached hydrogens (tertiary/aromatic N) is 3. The summed E-state index contributed by atoms with van der Waals surface area (Å²) in [7, 11) is 1.57. The zero-order valence-electron chi connectivity index (χ0n) is 21.0. The lowest BCUT2D eigenvalue weighted by molar-refractivity contribution is -0.128. The van der Waals surface area contributed by atoms with Crippen LogP contribution in [0, 0.1) is 13.8 Å². The molecule has 3 aromatic rings. The minimum absolute atomic E-state index is 0.00836. The molecule has 3 aromatic carbocycles. The monoisotopic (exact) mass is 578 g/mol. The van der Waals surface area contributed by atoms with Gasteiger partial charge in [-0.05, 0) is 61.7 Å². The first-order chi connectivity index (χ1) is 17.8. The van der Waals surface area contributed by atoms with Crippen molar-refractivity contribution in [3.63, 3.8) is 0 Å². The van der Waals surface area contributed by atoms with Crippen LogP contribution in [0.3, 0.4) is 0 Å². The number of hydrazone groups is 1. The van der Waals surface area contributed by atoms with E-state index in [2.05, 4.69) is 26.3 Å². The molecule has 0 aromatic heterocycles. The van der Waals surface area contributed by atoms with Crippen molar-refractivity contribution in [2.45, 2.75) is 32.4 Å². The van der Waals surface area contributed by atoms with Crippen LogP contribution in [0.4, 0.5) is 11.4 Å². The van der Waals surface area contributed by atoms with E-state index in [0.717, 1.165) is 26.9 Å². The number of benzene rings is 3. The Morgan fingerprint density at radius 1 is 1.05 bits per heavy atom. The van der Waals surface area contributed by atoms with Gasteiger partial charge in [0, 0.05) is 16.6 Å². The van der Waals surface area contributed by atoms with Gasteiger partial charge in [0.15, 0.2) is 5.17 Å². The summed E-state index contributed by atoms with van der Waals surface area (Å²) in [5, 5.41) is 8.61. The van der Waals surface area contributed by atoms with Crippen molar-refractivity contribution in [2.75, 3.05) is 12.4 Å². The maximum absolute atomic E-state index is 13.5. The fourth-order valence-corrected chi connectivity index (χ4v) is 5.18. The fraction of sp³-hybridized carbons (Fsp3) is 0.214. The maximum Gasteiger partial charge on any atom is 0.263 e. The molecule has 1 atom stereocenters. The number of carbonyl (C=O) groups is 2. The Hall–Kier alpha value is -3.43. The summed E-state index contributed by atoms with van der Waals surface area (Å²) in [6.45, 7) is 5.72. The van der Waals surface area contributed by atoms with Crippen LogP contribution in [0.15, 0.2) is 81.3 Å². The highest BCUT2D eigenvalue weighted by Gasteiger charge is 2.40. The van der Waals surface area contributed by atoms with Gasteiger partial charge in [0.2, 0.25) is 5.91 Å². The quantitative estimate of drug-likeness (QED) is 0.326. The summed E-state index contributed by atoms with van der Waals surface area (Å²) in [5.74, 6) is 0.0370. The van der Waals surface area contributed by atoms with E-state index < -0.39 is 5.25 Å². The number of anilines is 1. The average Bonchev–Trinajstić information content (AvgIpc) is 3.15. The van der Waals surface area contributed by atoms with Crippen molar-refractivity contribution in [2.24, 2.45) is 10.1 Å². The highest BCUT2D eigenvalue weighted by Crippen LogP contribution is 2.35. The summed E-state index contributed by atoms with van der Waals surface area (Å²) < 4.78 is 6.38. The minimum atomic E-state index is -0.667. The second-order valence-electron chi connectivity index (χ2n) is 8.53. The first-order valence-corrected chi connectivity index (χ1v) is 13.3. The lowest BCUT2D eigenvalue weighted by Crippen LogP contribution is -2.30. The average molecular weight is 580 g/mol. The summed E-state index contributed by atoms with van der Waals surface area (Å²) >= 11 is 4.66. The van der Waals surface area contributed by atoms with Gasteiger partial charge in [-0.1, -0.05) is 70.2 Å². The van der Waals surface area contributed by atoms with E-state index in [9.17, 15) is 9.59 Å². The SMILES string of the molecule is COc1ccccc1N=C1SC(CC(=O)Nc2c(C)cccc2C)C(=O)N1N=C(C)c1ccc(Br)cc1. The normalized spacial score (nSPS) is 16.8. The van der Waals surface area contributed by atoms with E-state index in [4.69, 9.17) is 9.73 Å². The molecule has 0 spiro atoms. The van der Waals surface area contributed by atoms with Gasteiger partial charge in [0.1, 0.15) is 16.7 Å². The van der Waals surface area contributed by atoms with Crippen LogP contribution in [-0.2, 0) is 9.59 Å². The second-order valence-corrected chi connectivity index (χ2v) is 10.6. The summed E-state index contributed by atoms with van der Waals surface area (Å²) in [5.41, 5.74) is 4.79. The maximum atomic E-state index is 13.5. The van der Waals surface area contributed by atoms with Crippen LogP contribution in [-0.4, -0.2) is 40.1 Å². The number of thioether (sulfide) groups is 1. The first-order valence-electron chi connectivity index (χ1n) is 11.7. The number of aliphatic imine (C=N–C) groups is 1. The number of aryl methyl sites for hydroxylation is 2. The number of nitrogens with one attached hydrogen (secondary N) is 1. The molecule has 0 saturated carbocycles. The number of halogens is 1. The van der Waals surface area contributed by atoms with Crippen LogP contribution in [0.25, 0.3) is 0 Å². The lowest BCUT2D eigenvalue weighted by Gasteiger charge is -2.13. The van der Waals surface area contributed by atoms with Gasteiger partial charge in [-0.3, -0.25) is 9.59 Å². The molecule has 9 heteroatoms. The largest absolute Gasteiger partial charge is 0.494 e. The predicted molar refractivity (Wildman–Crippen MR) is 154 cm³/mol. The molecule has 1 heterocycles. The van der Waals surface area contributed by atoms with Gasteiger partial charge >= 0.3 is 0 Å². The number of methoxy groups -OCH3 is 1. The number of amides is 2. The molecule has 1 aliphatic rings. The molecule has 1 unspecified atom stereocenters. The van der Waals surface area contributed by atoms with E-state index in [-0.39, 0.29) is 18.2 Å². The Morgan fingerprint density at radius 3 is 2.41 bits per heavy atom. The van der Waals surface area contributed by atoms with Crippen molar-refractivity contribution in [3.05, 3.63) is 87.9 Å². The third-order valence-electron chi connectivity index (χ3n) is 5.84. The van der Waals surface area contributed by atoms with E-state index in [0.29, 0.717) is 22.3 Å². The van der Waals surface area contributed by atoms with Crippen LogP contribution < -0.4 is 10.1 Å². The molecule has 1 fully saturated rings. The molecular formula is C28H27BrN4O3S. The predicted octanol–water partition coefficient (Wildman–Crippen LogP) is 6.46. The van der Waals surface area contributed by atoms with Crippen LogP contribution in [0.5, 0.6) is 5.75 Å². The molecule has 2 amide bonds. The number of amidine groups is 1. The number of hydrogen-bond acceptors (Lipinski definition) is 6. The van der Waals surface area contributed by atoms with Gasteiger partial charge in [0.05, 0.1) is 12.8 Å². The molecule has 4 rings (SSSR count). The van der Waals surface area contributed by atoms with E-state index in [1.54, 1.807) is 19.2 Å². The summed E-state index contributed by atoms with van der Waals surface area (Å²) in [6.07, 6.45) is -0.00836. The van der Waals surface area contributed by atoms with Crippen LogP contribution in [0.1, 0.15) is 30.0 Å². The van der Waals surface area contributed by atoms with Gasteiger partial charge in [-0.25, -0.2) is 4.99 Å². The van der Waals surface area contributed by atoms with Crippen molar-refractivity contribution in [3.8, 4) is 5.75 Å². The van der Waals surface area contributed by atoms with E-state index in [1.165, 1.54) is 16.8 Å². The molecule has 1 N–H and O–H groups in total. The molecule has 37 heavy (non-hydrogen) atoms. The minimum Gasteiger partial charge on any atom is -0.494 e. The van der Waals surface area contributed by atoms with Gasteiger partial charge in [-0.2, -0.15) is 10.1 Å². The standard InChI is InChI=1S/C28H27BrN4O3S/c1-17-8-7-9-18(2)26(17)31-25(34)16-24-27(35)33(32-19(3)20-12-14-21(29)15-13-20)28(37-24)30-22-10-5-6-11-23(22)36-4/h5-15,24H,16H2,1-4H3,(H,31,34). The zero-order chi connectivity index (χ0) is 26.5. The number of para-hydroxylation sites is 3. The molecule has 0 aliphatic carbocycles. The second kappa shape index (κ2) is 11.7. The smallest absolute Gasteiger partial charge is 0.263 e. The van der Waals surface area contributed by atoms with Crippen molar-refractivity contribution >= 4 is 61.8 Å². The molecule has 7 nitrogen and oxygen atoms in total.